The summed E-state index contributed by atoms with van der Waals surface area (Å²) in [5.74, 6) is -0.669. The van der Waals surface area contributed by atoms with E-state index in [4.69, 9.17) is 9.84 Å². The number of ether oxygens (including phenoxy) is 1. The predicted octanol–water partition coefficient (Wildman–Crippen LogP) is 3.06. The summed E-state index contributed by atoms with van der Waals surface area (Å²) in [6.07, 6.45) is 2.26. The highest BCUT2D eigenvalue weighted by molar-refractivity contribution is 7.89. The molecule has 2 aromatic rings. The molecule has 0 saturated heterocycles. The molecule has 7 heteroatoms. The third kappa shape index (κ3) is 4.20. The Balaban J connectivity index is 1.97. The standard InChI is InChI=1S/C20H21NO5S/c1-14-7-8-16(9-10-20(22)23)11-17(14)13-21-12-15(2)26-18-5-3-4-6-19(18)27(21,24)25/h3-11,15H,12-13H2,1-2H3,(H,22,23). The lowest BCUT2D eigenvalue weighted by molar-refractivity contribution is -0.131. The van der Waals surface area contributed by atoms with Crippen LogP contribution in [-0.4, -0.2) is 36.4 Å². The Morgan fingerprint density at radius 3 is 2.78 bits per heavy atom. The first-order valence-electron chi connectivity index (χ1n) is 8.54. The number of para-hydroxylation sites is 1. The third-order valence-electron chi connectivity index (χ3n) is 4.39. The van der Waals surface area contributed by atoms with Crippen molar-refractivity contribution in [3.63, 3.8) is 0 Å². The van der Waals surface area contributed by atoms with Gasteiger partial charge in [0.2, 0.25) is 10.0 Å². The summed E-state index contributed by atoms with van der Waals surface area (Å²) < 4.78 is 33.5. The molecule has 0 aliphatic carbocycles. The average Bonchev–Trinajstić information content (AvgIpc) is 2.70. The van der Waals surface area contributed by atoms with Gasteiger partial charge in [0.15, 0.2) is 0 Å². The maximum absolute atomic E-state index is 13.1. The largest absolute Gasteiger partial charge is 0.488 e. The second-order valence-electron chi connectivity index (χ2n) is 6.53. The predicted molar refractivity (Wildman–Crippen MR) is 102 cm³/mol. The Bertz CT molecular complexity index is 997. The van der Waals surface area contributed by atoms with Gasteiger partial charge in [0.1, 0.15) is 16.7 Å². The number of carboxylic acids is 1. The molecule has 0 bridgehead atoms. The van der Waals surface area contributed by atoms with Crippen molar-refractivity contribution in [1.82, 2.24) is 4.31 Å². The van der Waals surface area contributed by atoms with Crippen LogP contribution in [0.3, 0.4) is 0 Å². The van der Waals surface area contributed by atoms with Crippen molar-refractivity contribution in [1.29, 1.82) is 0 Å². The van der Waals surface area contributed by atoms with Gasteiger partial charge in [0, 0.05) is 12.6 Å². The van der Waals surface area contributed by atoms with Crippen molar-refractivity contribution in [2.24, 2.45) is 0 Å². The summed E-state index contributed by atoms with van der Waals surface area (Å²) in [6.45, 7) is 4.15. The molecule has 0 spiro atoms. The number of fused-ring (bicyclic) bond motifs is 1. The molecule has 1 unspecified atom stereocenters. The fourth-order valence-electron chi connectivity index (χ4n) is 3.01. The summed E-state index contributed by atoms with van der Waals surface area (Å²) in [4.78, 5) is 10.9. The monoisotopic (exact) mass is 387 g/mol. The molecule has 1 aliphatic rings. The maximum Gasteiger partial charge on any atom is 0.328 e. The highest BCUT2D eigenvalue weighted by Crippen LogP contribution is 2.32. The highest BCUT2D eigenvalue weighted by Gasteiger charge is 2.33. The van der Waals surface area contributed by atoms with Gasteiger partial charge in [-0.05, 0) is 48.7 Å². The van der Waals surface area contributed by atoms with Crippen LogP contribution in [0.5, 0.6) is 5.75 Å². The van der Waals surface area contributed by atoms with Crippen LogP contribution < -0.4 is 4.74 Å². The number of aryl methyl sites for hydroxylation is 1. The molecule has 0 radical (unpaired) electrons. The van der Waals surface area contributed by atoms with Gasteiger partial charge in [-0.15, -0.1) is 0 Å². The van der Waals surface area contributed by atoms with Crippen LogP contribution >= 0.6 is 0 Å². The summed E-state index contributed by atoms with van der Waals surface area (Å²) in [6, 6.07) is 12.1. The van der Waals surface area contributed by atoms with E-state index in [-0.39, 0.29) is 24.1 Å². The SMILES string of the molecule is Cc1ccc(C=CC(=O)O)cc1CN1CC(C)Oc2ccccc2S1(=O)=O. The van der Waals surface area contributed by atoms with E-state index in [0.717, 1.165) is 17.2 Å². The van der Waals surface area contributed by atoms with Crippen molar-refractivity contribution in [3.8, 4) is 5.75 Å². The Hall–Kier alpha value is -2.64. The fraction of sp³-hybridized carbons (Fsp3) is 0.250. The molecule has 0 fully saturated rings. The number of benzene rings is 2. The van der Waals surface area contributed by atoms with Gasteiger partial charge in [-0.1, -0.05) is 30.3 Å². The van der Waals surface area contributed by atoms with Crippen LogP contribution in [0.25, 0.3) is 6.08 Å². The zero-order chi connectivity index (χ0) is 19.6. The van der Waals surface area contributed by atoms with Crippen LogP contribution in [0.1, 0.15) is 23.6 Å². The first-order valence-corrected chi connectivity index (χ1v) is 9.98. The van der Waals surface area contributed by atoms with E-state index >= 15 is 0 Å². The molecule has 1 N–H and O–H groups in total. The average molecular weight is 387 g/mol. The zero-order valence-corrected chi connectivity index (χ0v) is 15.9. The maximum atomic E-state index is 13.1. The molecular weight excluding hydrogens is 366 g/mol. The molecule has 1 heterocycles. The lowest BCUT2D eigenvalue weighted by atomic mass is 10.0. The molecule has 2 aromatic carbocycles. The van der Waals surface area contributed by atoms with Gasteiger partial charge >= 0.3 is 5.97 Å². The van der Waals surface area contributed by atoms with E-state index in [1.807, 2.05) is 26.0 Å². The van der Waals surface area contributed by atoms with Gasteiger partial charge in [-0.2, -0.15) is 4.31 Å². The van der Waals surface area contributed by atoms with E-state index in [0.29, 0.717) is 11.3 Å². The van der Waals surface area contributed by atoms with Crippen LogP contribution in [0.15, 0.2) is 53.4 Å². The lowest BCUT2D eigenvalue weighted by Crippen LogP contribution is -2.35. The van der Waals surface area contributed by atoms with E-state index in [2.05, 4.69) is 0 Å². The Labute approximate surface area is 158 Å². The summed E-state index contributed by atoms with van der Waals surface area (Å²) in [5, 5.41) is 8.79. The molecule has 0 amide bonds. The highest BCUT2D eigenvalue weighted by atomic mass is 32.2. The number of rotatable bonds is 4. The molecule has 27 heavy (non-hydrogen) atoms. The first kappa shape index (κ1) is 19.1. The van der Waals surface area contributed by atoms with Crippen molar-refractivity contribution in [3.05, 3.63) is 65.2 Å². The number of carbonyl (C=O) groups is 1. The van der Waals surface area contributed by atoms with Crippen molar-refractivity contribution in [2.75, 3.05) is 6.54 Å². The lowest BCUT2D eigenvalue weighted by Gasteiger charge is -2.22. The number of aliphatic carboxylic acids is 1. The quantitative estimate of drug-likeness (QED) is 0.815. The molecule has 0 saturated carbocycles. The van der Waals surface area contributed by atoms with Gasteiger partial charge in [0.25, 0.3) is 0 Å². The molecule has 3 rings (SSSR count). The first-order chi connectivity index (χ1) is 12.8. The number of nitrogens with zero attached hydrogens (tertiary/aromatic N) is 1. The van der Waals surface area contributed by atoms with Crippen LogP contribution in [0.4, 0.5) is 0 Å². The molecule has 1 aliphatic heterocycles. The van der Waals surface area contributed by atoms with Crippen LogP contribution in [0.2, 0.25) is 0 Å². The van der Waals surface area contributed by atoms with E-state index in [9.17, 15) is 13.2 Å². The minimum atomic E-state index is -3.71. The molecule has 0 aromatic heterocycles. The molecular formula is C20H21NO5S. The van der Waals surface area contributed by atoms with Gasteiger partial charge in [-0.25, -0.2) is 13.2 Å². The fourth-order valence-corrected chi connectivity index (χ4v) is 4.63. The summed E-state index contributed by atoms with van der Waals surface area (Å²) >= 11 is 0. The zero-order valence-electron chi connectivity index (χ0n) is 15.1. The summed E-state index contributed by atoms with van der Waals surface area (Å²) in [5.41, 5.74) is 2.45. The van der Waals surface area contributed by atoms with Crippen LogP contribution in [-0.2, 0) is 21.4 Å². The van der Waals surface area contributed by atoms with Crippen molar-refractivity contribution in [2.45, 2.75) is 31.4 Å². The van der Waals surface area contributed by atoms with E-state index in [1.165, 1.54) is 10.4 Å². The molecule has 6 nitrogen and oxygen atoms in total. The minimum absolute atomic E-state index is 0.161. The minimum Gasteiger partial charge on any atom is -0.488 e. The second kappa shape index (κ2) is 7.54. The van der Waals surface area contributed by atoms with Gasteiger partial charge in [0.05, 0.1) is 6.54 Å². The van der Waals surface area contributed by atoms with E-state index < -0.39 is 16.0 Å². The van der Waals surface area contributed by atoms with Gasteiger partial charge in [-0.3, -0.25) is 0 Å². The normalized spacial score (nSPS) is 19.3. The Kier molecular flexibility index (Phi) is 5.34. The second-order valence-corrected chi connectivity index (χ2v) is 8.44. The van der Waals surface area contributed by atoms with E-state index in [1.54, 1.807) is 30.3 Å². The smallest absolute Gasteiger partial charge is 0.328 e. The number of hydrogen-bond acceptors (Lipinski definition) is 4. The topological polar surface area (TPSA) is 83.9 Å². The number of sulfonamides is 1. The molecule has 142 valence electrons. The summed E-state index contributed by atoms with van der Waals surface area (Å²) in [7, 11) is -3.71. The van der Waals surface area contributed by atoms with Crippen LogP contribution in [0, 0.1) is 6.92 Å². The molecule has 1 atom stereocenters. The van der Waals surface area contributed by atoms with Crippen molar-refractivity contribution >= 4 is 22.1 Å². The van der Waals surface area contributed by atoms with Gasteiger partial charge < -0.3 is 9.84 Å². The Morgan fingerprint density at radius 2 is 2.04 bits per heavy atom. The third-order valence-corrected chi connectivity index (χ3v) is 6.25. The Morgan fingerprint density at radius 1 is 1.30 bits per heavy atom. The number of carboxylic acid groups (broad SMARTS) is 1. The number of hydrogen-bond donors (Lipinski definition) is 1. The van der Waals surface area contributed by atoms with Crippen molar-refractivity contribution < 1.29 is 23.1 Å².